The van der Waals surface area contributed by atoms with Gasteiger partial charge in [0.25, 0.3) is 0 Å². The topological polar surface area (TPSA) is 0 Å². The van der Waals surface area contributed by atoms with Crippen molar-refractivity contribution in [2.75, 3.05) is 5.88 Å². The Labute approximate surface area is 103 Å². The van der Waals surface area contributed by atoms with Gasteiger partial charge in [0.1, 0.15) is 0 Å². The maximum absolute atomic E-state index is 6.28. The molecule has 1 aromatic carbocycles. The van der Waals surface area contributed by atoms with Crippen LogP contribution in [0.5, 0.6) is 0 Å². The summed E-state index contributed by atoms with van der Waals surface area (Å²) < 4.78 is 0. The van der Waals surface area contributed by atoms with Gasteiger partial charge < -0.3 is 0 Å². The van der Waals surface area contributed by atoms with Gasteiger partial charge in [-0.05, 0) is 48.4 Å². The Morgan fingerprint density at radius 1 is 1.13 bits per heavy atom. The lowest BCUT2D eigenvalue weighted by Gasteiger charge is -2.26. The summed E-state index contributed by atoms with van der Waals surface area (Å²) in [6.07, 6.45) is 0.941. The molecular weight excluding hydrogens is 227 g/mol. The molecule has 0 unspecified atom stereocenters. The largest absolute Gasteiger partial charge is 0.127 e. The van der Waals surface area contributed by atoms with Crippen LogP contribution in [0.15, 0.2) is 12.1 Å². The predicted molar refractivity (Wildman–Crippen MR) is 69.3 cm³/mol. The number of rotatable bonds is 3. The molecule has 0 bridgehead atoms. The quantitative estimate of drug-likeness (QED) is 0.667. The van der Waals surface area contributed by atoms with Gasteiger partial charge in [0.2, 0.25) is 0 Å². The minimum Gasteiger partial charge on any atom is -0.127 e. The Morgan fingerprint density at radius 2 is 1.67 bits per heavy atom. The smallest absolute Gasteiger partial charge is 0.0446 e. The molecule has 0 aliphatic heterocycles. The van der Waals surface area contributed by atoms with Crippen molar-refractivity contribution in [2.45, 2.75) is 39.5 Å². The van der Waals surface area contributed by atoms with Crippen LogP contribution in [0.3, 0.4) is 0 Å². The third kappa shape index (κ3) is 2.89. The second-order valence-corrected chi connectivity index (χ2v) is 5.52. The zero-order chi connectivity index (χ0) is 11.6. The minimum absolute atomic E-state index is 0.0529. The molecule has 0 spiro atoms. The minimum atomic E-state index is 0.0529. The zero-order valence-corrected chi connectivity index (χ0v) is 11.3. The van der Waals surface area contributed by atoms with E-state index in [4.69, 9.17) is 23.2 Å². The molecule has 0 aromatic heterocycles. The van der Waals surface area contributed by atoms with E-state index in [1.165, 1.54) is 16.7 Å². The number of aryl methyl sites for hydroxylation is 2. The second-order valence-electron chi connectivity index (χ2n) is 4.74. The third-order valence-electron chi connectivity index (χ3n) is 3.03. The van der Waals surface area contributed by atoms with Gasteiger partial charge in [-0.25, -0.2) is 0 Å². The summed E-state index contributed by atoms with van der Waals surface area (Å²) in [5, 5.41) is 0.855. The van der Waals surface area contributed by atoms with E-state index in [1.807, 2.05) is 6.07 Å². The van der Waals surface area contributed by atoms with Gasteiger partial charge in [0.05, 0.1) is 0 Å². The van der Waals surface area contributed by atoms with Crippen molar-refractivity contribution < 1.29 is 0 Å². The molecule has 0 heterocycles. The predicted octanol–water partition coefficient (Wildman–Crippen LogP) is 4.86. The van der Waals surface area contributed by atoms with Gasteiger partial charge in [-0.1, -0.05) is 31.5 Å². The van der Waals surface area contributed by atoms with E-state index in [2.05, 4.69) is 33.8 Å². The average molecular weight is 245 g/mol. The molecule has 0 atom stereocenters. The lowest BCUT2D eigenvalue weighted by molar-refractivity contribution is 0.509. The van der Waals surface area contributed by atoms with Crippen molar-refractivity contribution in [3.63, 3.8) is 0 Å². The Kier molecular flexibility index (Phi) is 4.08. The first-order chi connectivity index (χ1) is 6.88. The van der Waals surface area contributed by atoms with Crippen LogP contribution in [-0.4, -0.2) is 5.88 Å². The number of alkyl halides is 1. The van der Waals surface area contributed by atoms with Gasteiger partial charge >= 0.3 is 0 Å². The van der Waals surface area contributed by atoms with Crippen LogP contribution in [0.25, 0.3) is 0 Å². The highest BCUT2D eigenvalue weighted by atomic mass is 35.5. The van der Waals surface area contributed by atoms with Crippen LogP contribution in [0, 0.1) is 13.8 Å². The Balaban J connectivity index is 3.19. The fourth-order valence-corrected chi connectivity index (χ4v) is 2.62. The van der Waals surface area contributed by atoms with Crippen molar-refractivity contribution in [1.82, 2.24) is 0 Å². The Bertz CT molecular complexity index is 354. The highest BCUT2D eigenvalue weighted by molar-refractivity contribution is 6.31. The van der Waals surface area contributed by atoms with Crippen molar-refractivity contribution in [3.05, 3.63) is 33.8 Å². The van der Waals surface area contributed by atoms with Gasteiger partial charge in [0.15, 0.2) is 0 Å². The summed E-state index contributed by atoms with van der Waals surface area (Å²) >= 11 is 12.1. The van der Waals surface area contributed by atoms with E-state index in [0.717, 1.165) is 11.4 Å². The van der Waals surface area contributed by atoms with Crippen LogP contribution < -0.4 is 0 Å². The molecule has 1 aromatic rings. The number of benzene rings is 1. The van der Waals surface area contributed by atoms with E-state index >= 15 is 0 Å². The van der Waals surface area contributed by atoms with Crippen molar-refractivity contribution in [2.24, 2.45) is 0 Å². The fraction of sp³-hybridized carbons (Fsp3) is 0.538. The monoisotopic (exact) mass is 244 g/mol. The van der Waals surface area contributed by atoms with E-state index in [0.29, 0.717) is 5.88 Å². The first kappa shape index (κ1) is 12.9. The van der Waals surface area contributed by atoms with Crippen molar-refractivity contribution in [1.29, 1.82) is 0 Å². The molecule has 0 fully saturated rings. The molecule has 0 saturated heterocycles. The molecule has 0 aliphatic carbocycles. The SMILES string of the molecule is Cc1cc(Cl)c(C(C)(C)CCCl)cc1C. The summed E-state index contributed by atoms with van der Waals surface area (Å²) in [7, 11) is 0. The summed E-state index contributed by atoms with van der Waals surface area (Å²) in [6, 6.07) is 4.23. The number of halogens is 2. The van der Waals surface area contributed by atoms with E-state index < -0.39 is 0 Å². The van der Waals surface area contributed by atoms with Crippen LogP contribution in [-0.2, 0) is 5.41 Å². The molecule has 0 amide bonds. The molecule has 1 rings (SSSR count). The maximum atomic E-state index is 6.28. The summed E-state index contributed by atoms with van der Waals surface area (Å²) in [4.78, 5) is 0. The van der Waals surface area contributed by atoms with Crippen LogP contribution in [0.1, 0.15) is 37.0 Å². The number of hydrogen-bond donors (Lipinski definition) is 0. The van der Waals surface area contributed by atoms with E-state index in [9.17, 15) is 0 Å². The standard InChI is InChI=1S/C13H18Cl2/c1-9-7-11(12(15)8-10(9)2)13(3,4)5-6-14/h7-8H,5-6H2,1-4H3. The maximum Gasteiger partial charge on any atom is 0.0446 e. The molecule has 0 nitrogen and oxygen atoms in total. The van der Waals surface area contributed by atoms with Crippen LogP contribution in [0.4, 0.5) is 0 Å². The molecule has 15 heavy (non-hydrogen) atoms. The zero-order valence-electron chi connectivity index (χ0n) is 9.82. The van der Waals surface area contributed by atoms with Crippen molar-refractivity contribution >= 4 is 23.2 Å². The van der Waals surface area contributed by atoms with E-state index in [1.54, 1.807) is 0 Å². The number of hydrogen-bond acceptors (Lipinski definition) is 0. The van der Waals surface area contributed by atoms with Crippen LogP contribution >= 0.6 is 23.2 Å². The Hall–Kier alpha value is -0.200. The second kappa shape index (κ2) is 4.76. The van der Waals surface area contributed by atoms with Gasteiger partial charge in [-0.3, -0.25) is 0 Å². The molecule has 0 N–H and O–H groups in total. The van der Waals surface area contributed by atoms with E-state index in [-0.39, 0.29) is 5.41 Å². The first-order valence-corrected chi connectivity index (χ1v) is 6.13. The molecule has 0 aliphatic rings. The summed E-state index contributed by atoms with van der Waals surface area (Å²) in [5.74, 6) is 0.663. The summed E-state index contributed by atoms with van der Waals surface area (Å²) in [6.45, 7) is 8.57. The van der Waals surface area contributed by atoms with Gasteiger partial charge in [-0.15, -0.1) is 11.6 Å². The molecule has 0 saturated carbocycles. The molecular formula is C13H18Cl2. The third-order valence-corrected chi connectivity index (χ3v) is 3.53. The van der Waals surface area contributed by atoms with Gasteiger partial charge in [0, 0.05) is 10.9 Å². The molecule has 2 heteroatoms. The highest BCUT2D eigenvalue weighted by Crippen LogP contribution is 2.34. The fourth-order valence-electron chi connectivity index (χ4n) is 1.67. The lowest BCUT2D eigenvalue weighted by atomic mass is 9.81. The molecule has 84 valence electrons. The highest BCUT2D eigenvalue weighted by Gasteiger charge is 2.23. The van der Waals surface area contributed by atoms with Gasteiger partial charge in [-0.2, -0.15) is 0 Å². The van der Waals surface area contributed by atoms with Crippen molar-refractivity contribution in [3.8, 4) is 0 Å². The summed E-state index contributed by atoms with van der Waals surface area (Å²) in [5.41, 5.74) is 3.78. The normalized spacial score (nSPS) is 11.9. The first-order valence-electron chi connectivity index (χ1n) is 5.21. The average Bonchev–Trinajstić information content (AvgIpc) is 2.11. The Morgan fingerprint density at radius 3 is 2.20 bits per heavy atom. The molecule has 0 radical (unpaired) electrons. The lowest BCUT2D eigenvalue weighted by Crippen LogP contribution is -2.18. The van der Waals surface area contributed by atoms with Crippen LogP contribution in [0.2, 0.25) is 5.02 Å².